The maximum absolute atomic E-state index is 10.5. The Morgan fingerprint density at radius 1 is 1.21 bits per heavy atom. The SMILES string of the molecule is CCCn1nc(CC(C)C)c(O)c1-c1ccccc1. The number of rotatable bonds is 5. The van der Waals surface area contributed by atoms with Crippen molar-refractivity contribution in [3.05, 3.63) is 36.0 Å². The van der Waals surface area contributed by atoms with E-state index in [1.54, 1.807) is 0 Å². The zero-order chi connectivity index (χ0) is 13.8. The summed E-state index contributed by atoms with van der Waals surface area (Å²) >= 11 is 0. The minimum Gasteiger partial charge on any atom is -0.504 e. The van der Waals surface area contributed by atoms with E-state index in [2.05, 4.69) is 25.9 Å². The molecule has 0 saturated carbocycles. The lowest BCUT2D eigenvalue weighted by molar-refractivity contribution is 0.464. The first-order valence-electron chi connectivity index (χ1n) is 6.97. The Kier molecular flexibility index (Phi) is 4.25. The first-order chi connectivity index (χ1) is 9.13. The number of hydrogen-bond acceptors (Lipinski definition) is 2. The van der Waals surface area contributed by atoms with Crippen LogP contribution in [0.15, 0.2) is 30.3 Å². The maximum Gasteiger partial charge on any atom is 0.164 e. The van der Waals surface area contributed by atoms with Crippen molar-refractivity contribution in [1.82, 2.24) is 9.78 Å². The Labute approximate surface area is 114 Å². The van der Waals surface area contributed by atoms with Gasteiger partial charge in [-0.1, -0.05) is 51.1 Å². The molecule has 1 aromatic heterocycles. The van der Waals surface area contributed by atoms with E-state index >= 15 is 0 Å². The van der Waals surface area contributed by atoms with Crippen LogP contribution in [0.5, 0.6) is 5.75 Å². The molecule has 0 amide bonds. The number of aromatic hydroxyl groups is 1. The molecule has 1 N–H and O–H groups in total. The van der Waals surface area contributed by atoms with Crippen molar-refractivity contribution in [3.63, 3.8) is 0 Å². The van der Waals surface area contributed by atoms with E-state index in [-0.39, 0.29) is 0 Å². The Morgan fingerprint density at radius 3 is 2.47 bits per heavy atom. The van der Waals surface area contributed by atoms with Crippen LogP contribution >= 0.6 is 0 Å². The van der Waals surface area contributed by atoms with Gasteiger partial charge in [-0.05, 0) is 18.8 Å². The third kappa shape index (κ3) is 2.98. The zero-order valence-electron chi connectivity index (χ0n) is 11.9. The summed E-state index contributed by atoms with van der Waals surface area (Å²) in [5.41, 5.74) is 2.68. The second-order valence-corrected chi connectivity index (χ2v) is 5.33. The molecule has 1 aromatic carbocycles. The highest BCUT2D eigenvalue weighted by molar-refractivity contribution is 5.67. The highest BCUT2D eigenvalue weighted by Crippen LogP contribution is 2.33. The normalized spacial score (nSPS) is 11.2. The third-order valence-electron chi connectivity index (χ3n) is 3.08. The van der Waals surface area contributed by atoms with Gasteiger partial charge in [0.25, 0.3) is 0 Å². The molecular weight excluding hydrogens is 236 g/mol. The van der Waals surface area contributed by atoms with E-state index in [9.17, 15) is 5.11 Å². The molecule has 1 heterocycles. The lowest BCUT2D eigenvalue weighted by Gasteiger charge is -2.06. The maximum atomic E-state index is 10.5. The molecule has 0 fully saturated rings. The molecule has 102 valence electrons. The summed E-state index contributed by atoms with van der Waals surface area (Å²) in [6.45, 7) is 7.23. The van der Waals surface area contributed by atoms with E-state index in [4.69, 9.17) is 0 Å². The van der Waals surface area contributed by atoms with Gasteiger partial charge in [0, 0.05) is 12.1 Å². The molecule has 0 spiro atoms. The van der Waals surface area contributed by atoms with Gasteiger partial charge in [-0.25, -0.2) is 0 Å². The van der Waals surface area contributed by atoms with Gasteiger partial charge >= 0.3 is 0 Å². The number of nitrogens with zero attached hydrogens (tertiary/aromatic N) is 2. The van der Waals surface area contributed by atoms with Gasteiger partial charge in [0.2, 0.25) is 0 Å². The number of hydrogen-bond donors (Lipinski definition) is 1. The van der Waals surface area contributed by atoms with E-state index in [0.29, 0.717) is 11.7 Å². The third-order valence-corrected chi connectivity index (χ3v) is 3.08. The van der Waals surface area contributed by atoms with E-state index in [1.807, 2.05) is 35.0 Å². The summed E-state index contributed by atoms with van der Waals surface area (Å²) in [6.07, 6.45) is 1.81. The van der Waals surface area contributed by atoms with Gasteiger partial charge < -0.3 is 5.11 Å². The fourth-order valence-corrected chi connectivity index (χ4v) is 2.28. The van der Waals surface area contributed by atoms with Crippen LogP contribution in [0.4, 0.5) is 0 Å². The molecule has 3 nitrogen and oxygen atoms in total. The van der Waals surface area contributed by atoms with Gasteiger partial charge in [0.15, 0.2) is 5.75 Å². The molecule has 0 bridgehead atoms. The molecule has 0 atom stereocenters. The molecule has 0 unspecified atom stereocenters. The minimum atomic E-state index is 0.341. The first-order valence-corrected chi connectivity index (χ1v) is 6.97. The van der Waals surface area contributed by atoms with Crippen LogP contribution < -0.4 is 0 Å². The molecule has 0 radical (unpaired) electrons. The number of aryl methyl sites for hydroxylation is 1. The lowest BCUT2D eigenvalue weighted by Crippen LogP contribution is -2.02. The number of benzene rings is 1. The zero-order valence-corrected chi connectivity index (χ0v) is 11.9. The first kappa shape index (κ1) is 13.7. The van der Waals surface area contributed by atoms with Crippen molar-refractivity contribution in [1.29, 1.82) is 0 Å². The van der Waals surface area contributed by atoms with Crippen LogP contribution in [0.25, 0.3) is 11.3 Å². The molecule has 2 rings (SSSR count). The van der Waals surface area contributed by atoms with Crippen LogP contribution in [-0.2, 0) is 13.0 Å². The minimum absolute atomic E-state index is 0.341. The van der Waals surface area contributed by atoms with Crippen LogP contribution in [0.2, 0.25) is 0 Å². The van der Waals surface area contributed by atoms with Crippen molar-refractivity contribution in [2.45, 2.75) is 40.2 Å². The largest absolute Gasteiger partial charge is 0.504 e. The smallest absolute Gasteiger partial charge is 0.164 e. The van der Waals surface area contributed by atoms with Crippen molar-refractivity contribution in [2.24, 2.45) is 5.92 Å². The predicted octanol–water partition coefficient (Wildman–Crippen LogP) is 3.86. The quantitative estimate of drug-likeness (QED) is 0.884. The number of aromatic nitrogens is 2. The highest BCUT2D eigenvalue weighted by Gasteiger charge is 2.18. The van der Waals surface area contributed by atoms with Crippen LogP contribution in [-0.4, -0.2) is 14.9 Å². The topological polar surface area (TPSA) is 38.0 Å². The van der Waals surface area contributed by atoms with Gasteiger partial charge in [0.1, 0.15) is 11.4 Å². The van der Waals surface area contributed by atoms with E-state index in [1.165, 1.54) is 0 Å². The summed E-state index contributed by atoms with van der Waals surface area (Å²) in [4.78, 5) is 0. The van der Waals surface area contributed by atoms with Gasteiger partial charge in [0.05, 0.1) is 0 Å². The standard InChI is InChI=1S/C16H22N2O/c1-4-10-18-15(13-8-6-5-7-9-13)16(19)14(17-18)11-12(2)3/h5-9,12,19H,4,10-11H2,1-3H3. The van der Waals surface area contributed by atoms with E-state index in [0.717, 1.165) is 36.3 Å². The summed E-state index contributed by atoms with van der Waals surface area (Å²) in [5.74, 6) is 0.827. The van der Waals surface area contributed by atoms with Crippen molar-refractivity contribution in [3.8, 4) is 17.0 Å². The van der Waals surface area contributed by atoms with Crippen LogP contribution in [0, 0.1) is 5.92 Å². The Morgan fingerprint density at radius 2 is 1.89 bits per heavy atom. The summed E-state index contributed by atoms with van der Waals surface area (Å²) < 4.78 is 1.93. The van der Waals surface area contributed by atoms with Crippen molar-refractivity contribution < 1.29 is 5.11 Å². The van der Waals surface area contributed by atoms with Crippen LogP contribution in [0.1, 0.15) is 32.9 Å². The van der Waals surface area contributed by atoms with Gasteiger partial charge in [-0.2, -0.15) is 5.10 Å². The second-order valence-electron chi connectivity index (χ2n) is 5.33. The average Bonchev–Trinajstić information content (AvgIpc) is 2.67. The average molecular weight is 258 g/mol. The van der Waals surface area contributed by atoms with Gasteiger partial charge in [-0.15, -0.1) is 0 Å². The second kappa shape index (κ2) is 5.91. The summed E-state index contributed by atoms with van der Waals surface area (Å²) in [6, 6.07) is 9.99. The van der Waals surface area contributed by atoms with Gasteiger partial charge in [-0.3, -0.25) is 4.68 Å². The molecular formula is C16H22N2O. The molecule has 0 aliphatic carbocycles. The fourth-order valence-electron chi connectivity index (χ4n) is 2.28. The lowest BCUT2D eigenvalue weighted by atomic mass is 10.1. The van der Waals surface area contributed by atoms with Crippen molar-refractivity contribution >= 4 is 0 Å². The molecule has 3 heteroatoms. The molecule has 19 heavy (non-hydrogen) atoms. The highest BCUT2D eigenvalue weighted by atomic mass is 16.3. The van der Waals surface area contributed by atoms with Crippen molar-refractivity contribution in [2.75, 3.05) is 0 Å². The molecule has 0 aliphatic rings. The van der Waals surface area contributed by atoms with E-state index < -0.39 is 0 Å². The fraction of sp³-hybridized carbons (Fsp3) is 0.438. The molecule has 0 saturated heterocycles. The summed E-state index contributed by atoms with van der Waals surface area (Å²) in [5, 5.41) is 15.0. The van der Waals surface area contributed by atoms with Crippen LogP contribution in [0.3, 0.4) is 0 Å². The Bertz CT molecular complexity index is 529. The summed E-state index contributed by atoms with van der Waals surface area (Å²) in [7, 11) is 0. The Balaban J connectivity index is 2.48. The molecule has 0 aliphatic heterocycles. The Hall–Kier alpha value is -1.77. The molecule has 2 aromatic rings. The predicted molar refractivity (Wildman–Crippen MR) is 78.2 cm³/mol. The monoisotopic (exact) mass is 258 g/mol.